The molecular weight excluding hydrogens is 320 g/mol. The second-order valence-electron chi connectivity index (χ2n) is 5.73. The largest absolute Gasteiger partial charge is 0.466 e. The van der Waals surface area contributed by atoms with Crippen molar-refractivity contribution in [2.75, 3.05) is 11.9 Å². The van der Waals surface area contributed by atoms with Crippen LogP contribution in [0.4, 0.5) is 0 Å². The summed E-state index contributed by atoms with van der Waals surface area (Å²) < 4.78 is 5.18. The lowest BCUT2D eigenvalue weighted by atomic mass is 10.2. The summed E-state index contributed by atoms with van der Waals surface area (Å²) in [6.45, 7) is 7.25. The molecule has 110 valence electrons. The fourth-order valence-corrected chi connectivity index (χ4v) is 2.51. The Hall–Kier alpha value is -0.273. The molecule has 4 heteroatoms. The van der Waals surface area contributed by atoms with Crippen LogP contribution in [0.1, 0.15) is 44.9 Å². The number of carbonyl (C=O) groups excluding carboxylic acids is 1. The topological polar surface area (TPSA) is 26.3 Å². The summed E-state index contributed by atoms with van der Waals surface area (Å²) in [6, 6.07) is 0. The number of halogens is 1. The van der Waals surface area contributed by atoms with Crippen molar-refractivity contribution in [1.29, 1.82) is 0 Å². The van der Waals surface area contributed by atoms with E-state index >= 15 is 0 Å². The highest BCUT2D eigenvalue weighted by atomic mass is 79.9. The van der Waals surface area contributed by atoms with Crippen LogP contribution in [0.5, 0.6) is 0 Å². The highest BCUT2D eigenvalue weighted by molar-refractivity contribution is 9.09. The quantitative estimate of drug-likeness (QED) is 0.201. The Morgan fingerprint density at radius 1 is 1.11 bits per heavy atom. The van der Waals surface area contributed by atoms with E-state index in [-0.39, 0.29) is 5.97 Å². The summed E-state index contributed by atoms with van der Waals surface area (Å²) in [5.41, 5.74) is 3.30. The van der Waals surface area contributed by atoms with Crippen LogP contribution in [-0.4, -0.2) is 26.0 Å². The van der Waals surface area contributed by atoms with Crippen LogP contribution in [-0.2, 0) is 9.53 Å². The van der Waals surface area contributed by atoms with Crippen molar-refractivity contribution in [2.24, 2.45) is 0 Å². The van der Waals surface area contributed by atoms with Crippen LogP contribution < -0.4 is 0 Å². The van der Waals surface area contributed by atoms with Gasteiger partial charge >= 0.3 is 5.97 Å². The summed E-state index contributed by atoms with van der Waals surface area (Å²) in [4.78, 5) is 11.4. The minimum Gasteiger partial charge on any atom is -0.466 e. The molecule has 0 aliphatic carbocycles. The van der Waals surface area contributed by atoms with Gasteiger partial charge in [0.05, 0.1) is 6.61 Å². The van der Waals surface area contributed by atoms with Gasteiger partial charge in [0.15, 0.2) is 0 Å². The lowest BCUT2D eigenvalue weighted by Gasteiger charge is -2.04. The maximum Gasteiger partial charge on any atom is 0.305 e. The average molecular weight is 347 g/mol. The fourth-order valence-electron chi connectivity index (χ4n) is 1.46. The molecule has 0 atom stereocenters. The van der Waals surface area contributed by atoms with Crippen LogP contribution in [0.15, 0.2) is 0 Å². The van der Waals surface area contributed by atoms with E-state index < -0.39 is 8.07 Å². The van der Waals surface area contributed by atoms with Crippen molar-refractivity contribution >= 4 is 30.0 Å². The average Bonchev–Trinajstić information content (AvgIpc) is 2.31. The maximum atomic E-state index is 11.4. The van der Waals surface area contributed by atoms with Crippen molar-refractivity contribution in [3.8, 4) is 11.5 Å². The van der Waals surface area contributed by atoms with E-state index in [2.05, 4.69) is 47.0 Å². The second kappa shape index (κ2) is 11.5. The number of unbranched alkanes of at least 4 members (excludes halogenated alkanes) is 4. The van der Waals surface area contributed by atoms with Crippen molar-refractivity contribution in [2.45, 2.75) is 64.6 Å². The van der Waals surface area contributed by atoms with Gasteiger partial charge in [0, 0.05) is 18.2 Å². The number of hydrogen-bond donors (Lipinski definition) is 0. The molecule has 0 spiro atoms. The molecule has 0 unspecified atom stereocenters. The highest BCUT2D eigenvalue weighted by Crippen LogP contribution is 2.04. The Bertz CT molecular complexity index is 299. The van der Waals surface area contributed by atoms with Gasteiger partial charge in [-0.05, 0) is 19.3 Å². The van der Waals surface area contributed by atoms with Crippen molar-refractivity contribution in [3.63, 3.8) is 0 Å². The van der Waals surface area contributed by atoms with Crippen molar-refractivity contribution in [1.82, 2.24) is 0 Å². The molecule has 0 aromatic rings. The molecule has 0 radical (unpaired) electrons. The van der Waals surface area contributed by atoms with Crippen LogP contribution in [0.25, 0.3) is 0 Å². The molecule has 0 saturated heterocycles. The van der Waals surface area contributed by atoms with Crippen LogP contribution in [0.3, 0.4) is 0 Å². The van der Waals surface area contributed by atoms with E-state index in [4.69, 9.17) is 4.74 Å². The Balaban J connectivity index is 3.42. The van der Waals surface area contributed by atoms with Crippen molar-refractivity contribution in [3.05, 3.63) is 0 Å². The molecule has 19 heavy (non-hydrogen) atoms. The minimum absolute atomic E-state index is 0.0738. The number of carbonyl (C=O) groups is 1. The molecule has 0 fully saturated rings. The third kappa shape index (κ3) is 15.7. The first-order chi connectivity index (χ1) is 8.95. The van der Waals surface area contributed by atoms with Gasteiger partial charge in [-0.15, -0.1) is 11.5 Å². The van der Waals surface area contributed by atoms with E-state index in [9.17, 15) is 4.79 Å². The van der Waals surface area contributed by atoms with Gasteiger partial charge in [0.25, 0.3) is 0 Å². The van der Waals surface area contributed by atoms with Gasteiger partial charge in [-0.3, -0.25) is 4.79 Å². The van der Waals surface area contributed by atoms with Gasteiger partial charge in [0.1, 0.15) is 8.07 Å². The molecule has 0 bridgehead atoms. The van der Waals surface area contributed by atoms with Crippen LogP contribution in [0.2, 0.25) is 19.6 Å². The Kier molecular flexibility index (Phi) is 11.4. The van der Waals surface area contributed by atoms with Gasteiger partial charge in [-0.1, -0.05) is 48.4 Å². The summed E-state index contributed by atoms with van der Waals surface area (Å²) >= 11 is 3.40. The Morgan fingerprint density at radius 2 is 1.79 bits per heavy atom. The predicted molar refractivity (Wildman–Crippen MR) is 88.2 cm³/mol. The highest BCUT2D eigenvalue weighted by Gasteiger charge is 2.07. The predicted octanol–water partition coefficient (Wildman–Crippen LogP) is 4.54. The molecule has 0 saturated carbocycles. The standard InChI is InChI=1S/C15H27BrO2Si/c1-19(2,3)14-10-6-7-11-15(17)18-13-9-5-4-8-12-16/h4-9,11-13H2,1-3H3. The lowest BCUT2D eigenvalue weighted by Crippen LogP contribution is -2.16. The maximum absolute atomic E-state index is 11.4. The minimum atomic E-state index is -1.25. The number of rotatable bonds is 9. The second-order valence-corrected chi connectivity index (χ2v) is 11.3. The molecule has 2 nitrogen and oxygen atoms in total. The van der Waals surface area contributed by atoms with E-state index in [1.165, 1.54) is 12.8 Å². The first-order valence-electron chi connectivity index (χ1n) is 7.17. The number of ether oxygens (including phenoxy) is 1. The summed E-state index contributed by atoms with van der Waals surface area (Å²) in [5.74, 6) is 3.10. The monoisotopic (exact) mass is 346 g/mol. The number of hydrogen-bond acceptors (Lipinski definition) is 2. The zero-order valence-corrected chi connectivity index (χ0v) is 15.1. The van der Waals surface area contributed by atoms with E-state index in [1.807, 2.05) is 0 Å². The first-order valence-corrected chi connectivity index (χ1v) is 11.8. The van der Waals surface area contributed by atoms with E-state index in [0.717, 1.165) is 31.0 Å². The Labute approximate surface area is 127 Å². The van der Waals surface area contributed by atoms with E-state index in [0.29, 0.717) is 13.0 Å². The SMILES string of the molecule is C[Si](C)(C)C#CCCCC(=O)OCCCCCCBr. The number of alkyl halides is 1. The molecule has 0 aliphatic heterocycles. The van der Waals surface area contributed by atoms with Gasteiger partial charge in [0.2, 0.25) is 0 Å². The normalized spacial score (nSPS) is 10.7. The zero-order chi connectivity index (χ0) is 14.6. The van der Waals surface area contributed by atoms with Gasteiger partial charge in [-0.2, -0.15) is 0 Å². The Morgan fingerprint density at radius 3 is 2.42 bits per heavy atom. The molecule has 0 amide bonds. The summed E-state index contributed by atoms with van der Waals surface area (Å²) in [7, 11) is -1.25. The summed E-state index contributed by atoms with van der Waals surface area (Å²) in [6.07, 6.45) is 6.65. The zero-order valence-electron chi connectivity index (χ0n) is 12.6. The lowest BCUT2D eigenvalue weighted by molar-refractivity contribution is -0.143. The van der Waals surface area contributed by atoms with Crippen LogP contribution in [0, 0.1) is 11.5 Å². The van der Waals surface area contributed by atoms with E-state index in [1.54, 1.807) is 0 Å². The molecule has 0 aromatic heterocycles. The molecule has 0 heterocycles. The van der Waals surface area contributed by atoms with Gasteiger partial charge < -0.3 is 4.74 Å². The fraction of sp³-hybridized carbons (Fsp3) is 0.800. The molecule has 0 N–H and O–H groups in total. The third-order valence-electron chi connectivity index (χ3n) is 2.44. The third-order valence-corrected chi connectivity index (χ3v) is 3.92. The van der Waals surface area contributed by atoms with Gasteiger partial charge in [-0.25, -0.2) is 0 Å². The smallest absolute Gasteiger partial charge is 0.305 e. The van der Waals surface area contributed by atoms with Crippen LogP contribution >= 0.6 is 15.9 Å². The number of esters is 1. The molecule has 0 aliphatic rings. The molecular formula is C15H27BrO2Si. The van der Waals surface area contributed by atoms with Crippen molar-refractivity contribution < 1.29 is 9.53 Å². The molecule has 0 rings (SSSR count). The first kappa shape index (κ1) is 18.7. The summed E-state index contributed by atoms with van der Waals surface area (Å²) in [5, 5.41) is 1.06. The molecule has 0 aromatic carbocycles.